The van der Waals surface area contributed by atoms with Crippen LogP contribution in [0, 0.1) is 16.5 Å². The number of hydrogen-bond acceptors (Lipinski definition) is 3. The van der Waals surface area contributed by atoms with Gasteiger partial charge in [-0.25, -0.2) is 0 Å². The van der Waals surface area contributed by atoms with E-state index in [0.29, 0.717) is 32.2 Å². The number of nitrogens with zero attached hydrogens (tertiary/aromatic N) is 2. The Bertz CT molecular complexity index is 954. The number of aromatic amines is 1. The van der Waals surface area contributed by atoms with Gasteiger partial charge in [-0.3, -0.25) is 0 Å². The summed E-state index contributed by atoms with van der Waals surface area (Å²) in [4.78, 5) is 3.11. The second kappa shape index (κ2) is 6.03. The molecule has 0 bridgehead atoms. The summed E-state index contributed by atoms with van der Waals surface area (Å²) in [5, 5.41) is 22.5. The predicted molar refractivity (Wildman–Crippen MR) is 88.7 cm³/mol. The molecule has 0 amide bonds. The van der Waals surface area contributed by atoms with Crippen molar-refractivity contribution in [1.29, 1.82) is 5.26 Å². The van der Waals surface area contributed by atoms with E-state index in [1.54, 1.807) is 30.5 Å². The molecule has 0 unspecified atom stereocenters. The van der Waals surface area contributed by atoms with Gasteiger partial charge >= 0.3 is 0 Å². The number of nitrogens with one attached hydrogen (secondary N) is 1. The third kappa shape index (κ3) is 2.85. The number of allylic oxidation sites excluding steroid dienone is 1. The van der Waals surface area contributed by atoms with Gasteiger partial charge in [-0.2, -0.15) is 9.99 Å². The average Bonchev–Trinajstić information content (AvgIpc) is 2.95. The van der Waals surface area contributed by atoms with Gasteiger partial charge in [-0.1, -0.05) is 11.6 Å². The Hall–Kier alpha value is -2.97. The normalized spacial score (nSPS) is 11.4. The molecule has 3 rings (SSSR count). The van der Waals surface area contributed by atoms with Crippen LogP contribution in [0.3, 0.4) is 0 Å². The molecule has 0 aliphatic heterocycles. The van der Waals surface area contributed by atoms with Crippen molar-refractivity contribution in [1.82, 2.24) is 4.98 Å². The van der Waals surface area contributed by atoms with Crippen LogP contribution in [0.2, 0.25) is 5.02 Å². The van der Waals surface area contributed by atoms with Gasteiger partial charge < -0.3 is 14.9 Å². The molecule has 1 N–H and O–H groups in total. The van der Waals surface area contributed by atoms with Gasteiger partial charge in [0.2, 0.25) is 0 Å². The molecule has 0 saturated heterocycles. The lowest BCUT2D eigenvalue weighted by Crippen LogP contribution is -2.24. The molecule has 0 aliphatic carbocycles. The van der Waals surface area contributed by atoms with Crippen LogP contribution in [0.4, 0.5) is 0 Å². The highest BCUT2D eigenvalue weighted by molar-refractivity contribution is 6.31. The summed E-state index contributed by atoms with van der Waals surface area (Å²) in [6, 6.07) is 9.15. The number of hydrogen-bond donors (Lipinski definition) is 1. The van der Waals surface area contributed by atoms with E-state index in [-0.39, 0.29) is 0 Å². The number of nitriles is 1. The monoisotopic (exact) mass is 325 g/mol. The topological polar surface area (TPSA) is 75.8 Å². The molecule has 0 atom stereocenters. The number of benzene rings is 1. The predicted octanol–water partition coefficient (Wildman–Crippen LogP) is 3.53. The number of pyridine rings is 1. The standard InChI is InChI=1S/C17H12ClN3O2/c1-23-17-4-5-21(22)10-12(17)6-11(8-19)15-9-20-16-3-2-13(18)7-14(15)16/h2-7,9-10,20H,1H3. The quantitative estimate of drug-likeness (QED) is 0.454. The number of rotatable bonds is 3. The molecule has 3 aromatic rings. The molecule has 1 aromatic carbocycles. The second-order valence-corrected chi connectivity index (χ2v) is 5.33. The van der Waals surface area contributed by atoms with Gasteiger partial charge in [0.15, 0.2) is 12.4 Å². The van der Waals surface area contributed by atoms with Crippen LogP contribution in [0.5, 0.6) is 5.75 Å². The molecule has 0 spiro atoms. The van der Waals surface area contributed by atoms with Gasteiger partial charge in [-0.05, 0) is 24.3 Å². The maximum atomic E-state index is 11.5. The highest BCUT2D eigenvalue weighted by Gasteiger charge is 2.12. The zero-order valence-corrected chi connectivity index (χ0v) is 13.0. The van der Waals surface area contributed by atoms with Gasteiger partial charge in [0.25, 0.3) is 0 Å². The van der Waals surface area contributed by atoms with E-state index < -0.39 is 0 Å². The number of halogens is 1. The fourth-order valence-corrected chi connectivity index (χ4v) is 2.59. The lowest BCUT2D eigenvalue weighted by molar-refractivity contribution is -0.605. The first-order valence-corrected chi connectivity index (χ1v) is 7.16. The average molecular weight is 326 g/mol. The number of ether oxygens (including phenoxy) is 1. The van der Waals surface area contributed by atoms with Crippen LogP contribution in [0.1, 0.15) is 11.1 Å². The first-order chi connectivity index (χ1) is 11.1. The smallest absolute Gasteiger partial charge is 0.191 e. The van der Waals surface area contributed by atoms with Crippen molar-refractivity contribution >= 4 is 34.2 Å². The molecule has 2 heterocycles. The maximum absolute atomic E-state index is 11.5. The maximum Gasteiger partial charge on any atom is 0.191 e. The SMILES string of the molecule is COc1cc[n+]([O-])cc1C=C(C#N)c1c[nH]c2ccc(Cl)cc12. The van der Waals surface area contributed by atoms with Crippen LogP contribution in [-0.4, -0.2) is 12.1 Å². The van der Waals surface area contributed by atoms with Crippen molar-refractivity contribution in [3.05, 3.63) is 64.2 Å². The molecule has 23 heavy (non-hydrogen) atoms. The van der Waals surface area contributed by atoms with E-state index in [2.05, 4.69) is 11.1 Å². The lowest BCUT2D eigenvalue weighted by atomic mass is 10.0. The summed E-state index contributed by atoms with van der Waals surface area (Å²) >= 11 is 6.04. The number of methoxy groups -OCH3 is 1. The fourth-order valence-electron chi connectivity index (χ4n) is 2.42. The second-order valence-electron chi connectivity index (χ2n) is 4.89. The molecule has 5 nitrogen and oxygen atoms in total. The summed E-state index contributed by atoms with van der Waals surface area (Å²) in [6.45, 7) is 0. The molecular weight excluding hydrogens is 314 g/mol. The minimum atomic E-state index is 0.406. The van der Waals surface area contributed by atoms with E-state index in [1.807, 2.05) is 6.07 Å². The molecule has 2 aromatic heterocycles. The molecule has 0 aliphatic rings. The highest BCUT2D eigenvalue weighted by Crippen LogP contribution is 2.29. The summed E-state index contributed by atoms with van der Waals surface area (Å²) in [5.74, 6) is 0.516. The Balaban J connectivity index is 2.18. The molecule has 0 saturated carbocycles. The van der Waals surface area contributed by atoms with Crippen LogP contribution < -0.4 is 9.47 Å². The van der Waals surface area contributed by atoms with Crippen molar-refractivity contribution in [3.63, 3.8) is 0 Å². The van der Waals surface area contributed by atoms with Crippen LogP contribution in [-0.2, 0) is 0 Å². The van der Waals surface area contributed by atoms with Gasteiger partial charge in [0.05, 0.1) is 24.3 Å². The van der Waals surface area contributed by atoms with E-state index in [4.69, 9.17) is 16.3 Å². The van der Waals surface area contributed by atoms with Crippen molar-refractivity contribution in [2.24, 2.45) is 0 Å². The Morgan fingerprint density at radius 1 is 1.43 bits per heavy atom. The Morgan fingerprint density at radius 3 is 3.00 bits per heavy atom. The van der Waals surface area contributed by atoms with Crippen molar-refractivity contribution < 1.29 is 9.47 Å². The fraction of sp³-hybridized carbons (Fsp3) is 0.0588. The van der Waals surface area contributed by atoms with Gasteiger partial charge in [0.1, 0.15) is 5.75 Å². The summed E-state index contributed by atoms with van der Waals surface area (Å²) in [7, 11) is 1.51. The Kier molecular flexibility index (Phi) is 3.92. The first-order valence-electron chi connectivity index (χ1n) is 6.78. The number of H-pyrrole nitrogens is 1. The lowest BCUT2D eigenvalue weighted by Gasteiger charge is -2.05. The van der Waals surface area contributed by atoms with E-state index in [0.717, 1.165) is 10.9 Å². The number of aromatic nitrogens is 2. The minimum absolute atomic E-state index is 0.406. The van der Waals surface area contributed by atoms with Crippen molar-refractivity contribution in [2.75, 3.05) is 7.11 Å². The van der Waals surface area contributed by atoms with Gasteiger partial charge in [0, 0.05) is 33.8 Å². The molecule has 0 fully saturated rings. The molecule has 0 radical (unpaired) electrons. The molecule has 6 heteroatoms. The Labute approximate surface area is 137 Å². The third-order valence-corrected chi connectivity index (χ3v) is 3.73. The zero-order valence-electron chi connectivity index (χ0n) is 12.2. The molecular formula is C17H12ClN3O2. The molecule has 114 valence electrons. The minimum Gasteiger partial charge on any atom is -0.619 e. The zero-order chi connectivity index (χ0) is 16.4. The largest absolute Gasteiger partial charge is 0.619 e. The summed E-state index contributed by atoms with van der Waals surface area (Å²) in [5.41, 5.74) is 2.53. The van der Waals surface area contributed by atoms with Crippen molar-refractivity contribution in [3.8, 4) is 11.8 Å². The third-order valence-electron chi connectivity index (χ3n) is 3.50. The first kappa shape index (κ1) is 14.9. The van der Waals surface area contributed by atoms with Crippen LogP contribution >= 0.6 is 11.6 Å². The van der Waals surface area contributed by atoms with Crippen LogP contribution in [0.25, 0.3) is 22.6 Å². The van der Waals surface area contributed by atoms with Crippen LogP contribution in [0.15, 0.2) is 42.9 Å². The van der Waals surface area contributed by atoms with E-state index >= 15 is 0 Å². The Morgan fingerprint density at radius 2 is 2.26 bits per heavy atom. The summed E-state index contributed by atoms with van der Waals surface area (Å²) in [6.07, 6.45) is 6.07. The van der Waals surface area contributed by atoms with E-state index in [9.17, 15) is 10.5 Å². The van der Waals surface area contributed by atoms with E-state index in [1.165, 1.54) is 19.5 Å². The number of fused-ring (bicyclic) bond motifs is 1. The highest BCUT2D eigenvalue weighted by atomic mass is 35.5. The summed E-state index contributed by atoms with van der Waals surface area (Å²) < 4.78 is 5.90. The van der Waals surface area contributed by atoms with Gasteiger partial charge in [-0.15, -0.1) is 0 Å². The van der Waals surface area contributed by atoms with Crippen molar-refractivity contribution in [2.45, 2.75) is 0 Å².